The van der Waals surface area contributed by atoms with Crippen LogP contribution in [0.25, 0.3) is 0 Å². The Bertz CT molecular complexity index is 632. The van der Waals surface area contributed by atoms with Gasteiger partial charge in [-0.15, -0.1) is 0 Å². The van der Waals surface area contributed by atoms with Crippen molar-refractivity contribution in [2.45, 2.75) is 27.2 Å². The fraction of sp³-hybridized carbons (Fsp3) is 0.278. The number of ether oxygens (including phenoxy) is 2. The zero-order valence-corrected chi connectivity index (χ0v) is 12.7. The zero-order chi connectivity index (χ0) is 15.2. The third-order valence-electron chi connectivity index (χ3n) is 3.33. The van der Waals surface area contributed by atoms with Crippen LogP contribution in [0.4, 0.5) is 0 Å². The number of hydrogen-bond acceptors (Lipinski definition) is 3. The largest absolute Gasteiger partial charge is 0.493 e. The summed E-state index contributed by atoms with van der Waals surface area (Å²) in [6, 6.07) is 12.8. The third kappa shape index (κ3) is 3.63. The van der Waals surface area contributed by atoms with E-state index in [4.69, 9.17) is 9.47 Å². The number of carbonyl (C=O) groups is 1. The van der Waals surface area contributed by atoms with Crippen LogP contribution in [0.2, 0.25) is 0 Å². The minimum Gasteiger partial charge on any atom is -0.493 e. The molecule has 0 aliphatic heterocycles. The van der Waals surface area contributed by atoms with E-state index in [0.29, 0.717) is 23.7 Å². The predicted molar refractivity (Wildman–Crippen MR) is 83.1 cm³/mol. The summed E-state index contributed by atoms with van der Waals surface area (Å²) < 4.78 is 11.1. The molecule has 0 bridgehead atoms. The molecule has 0 saturated heterocycles. The van der Waals surface area contributed by atoms with Gasteiger partial charge in [0.25, 0.3) is 0 Å². The van der Waals surface area contributed by atoms with Crippen molar-refractivity contribution in [2.24, 2.45) is 0 Å². The first-order valence-corrected chi connectivity index (χ1v) is 7.13. The molecule has 3 nitrogen and oxygen atoms in total. The smallest absolute Gasteiger partial charge is 0.347 e. The Morgan fingerprint density at radius 1 is 1.00 bits per heavy atom. The molecule has 2 rings (SSSR count). The summed E-state index contributed by atoms with van der Waals surface area (Å²) in [5, 5.41) is 0. The molecule has 2 aromatic rings. The highest BCUT2D eigenvalue weighted by Crippen LogP contribution is 2.24. The second kappa shape index (κ2) is 6.93. The van der Waals surface area contributed by atoms with Crippen LogP contribution < -0.4 is 9.47 Å². The number of para-hydroxylation sites is 1. The topological polar surface area (TPSA) is 35.5 Å². The Labute approximate surface area is 125 Å². The molecule has 3 heteroatoms. The number of esters is 1. The average Bonchev–Trinajstić information content (AvgIpc) is 2.50. The Morgan fingerprint density at radius 3 is 2.48 bits per heavy atom. The molecule has 0 radical (unpaired) electrons. The Morgan fingerprint density at radius 2 is 1.71 bits per heavy atom. The highest BCUT2D eigenvalue weighted by atomic mass is 16.5. The number of hydrogen-bond donors (Lipinski definition) is 0. The minimum absolute atomic E-state index is 0.393. The number of aryl methyl sites for hydroxylation is 1. The number of rotatable bonds is 5. The highest BCUT2D eigenvalue weighted by molar-refractivity contribution is 5.94. The van der Waals surface area contributed by atoms with E-state index in [1.54, 1.807) is 24.3 Å². The average molecular weight is 284 g/mol. The van der Waals surface area contributed by atoms with Crippen LogP contribution in [0.3, 0.4) is 0 Å². The summed E-state index contributed by atoms with van der Waals surface area (Å²) in [6.07, 6.45) is 0.889. The lowest BCUT2D eigenvalue weighted by Gasteiger charge is -2.12. The van der Waals surface area contributed by atoms with Gasteiger partial charge in [-0.3, -0.25) is 0 Å². The van der Waals surface area contributed by atoms with Crippen molar-refractivity contribution in [1.82, 2.24) is 0 Å². The zero-order valence-electron chi connectivity index (χ0n) is 12.7. The van der Waals surface area contributed by atoms with E-state index in [2.05, 4.69) is 0 Å². The van der Waals surface area contributed by atoms with Crippen molar-refractivity contribution in [3.63, 3.8) is 0 Å². The quantitative estimate of drug-likeness (QED) is 0.606. The van der Waals surface area contributed by atoms with Gasteiger partial charge in [0.05, 0.1) is 6.61 Å². The fourth-order valence-electron chi connectivity index (χ4n) is 1.96. The normalized spacial score (nSPS) is 10.2. The molecule has 0 atom stereocenters. The van der Waals surface area contributed by atoms with Crippen LogP contribution in [0.1, 0.15) is 34.8 Å². The molecule has 0 aliphatic rings. The minimum atomic E-state index is -0.393. The first-order chi connectivity index (χ1) is 10.1. The standard InChI is InChI=1S/C18H20O3/c1-4-12-20-17-10-6-5-9-15(17)18(19)21-16-11-7-8-13(2)14(16)3/h5-11H,4,12H2,1-3H3. The van der Waals surface area contributed by atoms with Gasteiger partial charge >= 0.3 is 5.97 Å². The first-order valence-electron chi connectivity index (χ1n) is 7.13. The van der Waals surface area contributed by atoms with Crippen LogP contribution in [0.15, 0.2) is 42.5 Å². The van der Waals surface area contributed by atoms with Crippen LogP contribution in [-0.2, 0) is 0 Å². The maximum Gasteiger partial charge on any atom is 0.347 e. The van der Waals surface area contributed by atoms with Gasteiger partial charge in [-0.05, 0) is 49.6 Å². The summed E-state index contributed by atoms with van der Waals surface area (Å²) in [6.45, 7) is 6.53. The summed E-state index contributed by atoms with van der Waals surface area (Å²) in [4.78, 5) is 12.4. The summed E-state index contributed by atoms with van der Waals surface area (Å²) >= 11 is 0. The van der Waals surface area contributed by atoms with E-state index < -0.39 is 5.97 Å². The van der Waals surface area contributed by atoms with Crippen molar-refractivity contribution in [2.75, 3.05) is 6.61 Å². The van der Waals surface area contributed by atoms with Gasteiger partial charge in [-0.1, -0.05) is 31.2 Å². The molecule has 0 saturated carbocycles. The van der Waals surface area contributed by atoms with E-state index in [9.17, 15) is 4.79 Å². The number of carbonyl (C=O) groups excluding carboxylic acids is 1. The monoisotopic (exact) mass is 284 g/mol. The van der Waals surface area contributed by atoms with Crippen LogP contribution in [0, 0.1) is 13.8 Å². The molecule has 0 aliphatic carbocycles. The van der Waals surface area contributed by atoms with E-state index in [-0.39, 0.29) is 0 Å². The van der Waals surface area contributed by atoms with Gasteiger partial charge in [-0.2, -0.15) is 0 Å². The third-order valence-corrected chi connectivity index (χ3v) is 3.33. The summed E-state index contributed by atoms with van der Waals surface area (Å²) in [5.74, 6) is 0.760. The van der Waals surface area contributed by atoms with Crippen molar-refractivity contribution < 1.29 is 14.3 Å². The Balaban J connectivity index is 2.22. The molecule has 0 spiro atoms. The molecular weight excluding hydrogens is 264 g/mol. The lowest BCUT2D eigenvalue weighted by molar-refractivity contribution is 0.0729. The fourth-order valence-corrected chi connectivity index (χ4v) is 1.96. The van der Waals surface area contributed by atoms with Crippen molar-refractivity contribution in [3.8, 4) is 11.5 Å². The van der Waals surface area contributed by atoms with E-state index in [1.165, 1.54) is 0 Å². The van der Waals surface area contributed by atoms with Crippen molar-refractivity contribution in [3.05, 3.63) is 59.2 Å². The van der Waals surface area contributed by atoms with Gasteiger partial charge in [-0.25, -0.2) is 4.79 Å². The number of benzene rings is 2. The molecule has 21 heavy (non-hydrogen) atoms. The molecule has 0 amide bonds. The Kier molecular flexibility index (Phi) is 4.99. The SMILES string of the molecule is CCCOc1ccccc1C(=O)Oc1cccc(C)c1C. The molecule has 0 N–H and O–H groups in total. The van der Waals surface area contributed by atoms with Gasteiger partial charge in [0.1, 0.15) is 17.1 Å². The summed E-state index contributed by atoms with van der Waals surface area (Å²) in [7, 11) is 0. The highest BCUT2D eigenvalue weighted by Gasteiger charge is 2.15. The van der Waals surface area contributed by atoms with Gasteiger partial charge in [0, 0.05) is 0 Å². The maximum atomic E-state index is 12.4. The molecule has 0 aromatic heterocycles. The van der Waals surface area contributed by atoms with Gasteiger partial charge < -0.3 is 9.47 Å². The molecule has 110 valence electrons. The van der Waals surface area contributed by atoms with E-state index in [0.717, 1.165) is 17.5 Å². The van der Waals surface area contributed by atoms with Crippen LogP contribution in [-0.4, -0.2) is 12.6 Å². The van der Waals surface area contributed by atoms with E-state index >= 15 is 0 Å². The molecule has 0 unspecified atom stereocenters. The molecule has 2 aromatic carbocycles. The lowest BCUT2D eigenvalue weighted by Crippen LogP contribution is -2.12. The maximum absolute atomic E-state index is 12.4. The second-order valence-corrected chi connectivity index (χ2v) is 4.93. The van der Waals surface area contributed by atoms with Crippen LogP contribution in [0.5, 0.6) is 11.5 Å². The Hall–Kier alpha value is -2.29. The van der Waals surface area contributed by atoms with Gasteiger partial charge in [0.15, 0.2) is 0 Å². The molecular formula is C18H20O3. The molecule has 0 heterocycles. The van der Waals surface area contributed by atoms with Gasteiger partial charge in [0.2, 0.25) is 0 Å². The molecule has 0 fully saturated rings. The van der Waals surface area contributed by atoms with Crippen molar-refractivity contribution in [1.29, 1.82) is 0 Å². The second-order valence-electron chi connectivity index (χ2n) is 4.93. The summed E-state index contributed by atoms with van der Waals surface area (Å²) in [5.41, 5.74) is 2.51. The first kappa shape index (κ1) is 15.1. The van der Waals surface area contributed by atoms with Crippen LogP contribution >= 0.6 is 0 Å². The van der Waals surface area contributed by atoms with Crippen molar-refractivity contribution >= 4 is 5.97 Å². The lowest BCUT2D eigenvalue weighted by atomic mass is 10.1. The van der Waals surface area contributed by atoms with E-state index in [1.807, 2.05) is 39.0 Å². The predicted octanol–water partition coefficient (Wildman–Crippen LogP) is 4.31.